The maximum atomic E-state index is 12.8. The summed E-state index contributed by atoms with van der Waals surface area (Å²) in [5.41, 5.74) is 2.31. The third-order valence-corrected chi connectivity index (χ3v) is 4.95. The van der Waals surface area contributed by atoms with E-state index in [1.165, 1.54) is 0 Å². The van der Waals surface area contributed by atoms with Gasteiger partial charge in [0.05, 0.1) is 24.8 Å². The molecular weight excluding hydrogens is 394 g/mol. The molecule has 2 aromatic rings. The summed E-state index contributed by atoms with van der Waals surface area (Å²) >= 11 is 0. The van der Waals surface area contributed by atoms with Crippen molar-refractivity contribution < 1.29 is 19.1 Å². The van der Waals surface area contributed by atoms with Crippen LogP contribution < -0.4 is 19.7 Å². The number of rotatable bonds is 9. The van der Waals surface area contributed by atoms with E-state index in [1.54, 1.807) is 11.0 Å². The van der Waals surface area contributed by atoms with Crippen molar-refractivity contribution in [2.24, 2.45) is 0 Å². The molecule has 7 heteroatoms. The van der Waals surface area contributed by atoms with Gasteiger partial charge in [-0.05, 0) is 32.0 Å². The van der Waals surface area contributed by atoms with Crippen molar-refractivity contribution in [3.63, 3.8) is 0 Å². The Morgan fingerprint density at radius 1 is 1.26 bits per heavy atom. The molecule has 0 bridgehead atoms. The Balaban J connectivity index is 1.65. The lowest BCUT2D eigenvalue weighted by molar-refractivity contribution is -0.122. The quantitative estimate of drug-likeness (QED) is 0.659. The molecule has 1 aliphatic heterocycles. The van der Waals surface area contributed by atoms with E-state index in [0.29, 0.717) is 23.7 Å². The number of nitriles is 1. The summed E-state index contributed by atoms with van der Waals surface area (Å²) in [7, 11) is 0. The zero-order chi connectivity index (χ0) is 22.2. The Labute approximate surface area is 182 Å². The number of amides is 2. The summed E-state index contributed by atoms with van der Waals surface area (Å²) in [5.74, 6) is 0.856. The number of benzene rings is 2. The van der Waals surface area contributed by atoms with Crippen LogP contribution in [-0.2, 0) is 16.0 Å². The molecule has 1 heterocycles. The van der Waals surface area contributed by atoms with Crippen molar-refractivity contribution in [2.45, 2.75) is 45.6 Å². The van der Waals surface area contributed by atoms with Gasteiger partial charge in [-0.25, -0.2) is 0 Å². The van der Waals surface area contributed by atoms with E-state index in [4.69, 9.17) is 14.7 Å². The van der Waals surface area contributed by atoms with E-state index in [1.807, 2.05) is 50.2 Å². The van der Waals surface area contributed by atoms with Crippen LogP contribution in [-0.4, -0.2) is 31.1 Å². The van der Waals surface area contributed by atoms with Gasteiger partial charge in [0.25, 0.3) is 0 Å². The monoisotopic (exact) mass is 421 g/mol. The predicted molar refractivity (Wildman–Crippen MR) is 118 cm³/mol. The minimum atomic E-state index is -0.284. The fourth-order valence-corrected chi connectivity index (χ4v) is 3.55. The molecule has 0 aromatic heterocycles. The highest BCUT2D eigenvalue weighted by molar-refractivity contribution is 5.98. The lowest BCUT2D eigenvalue weighted by Gasteiger charge is -2.21. The number of hydrogen-bond donors (Lipinski definition) is 1. The Morgan fingerprint density at radius 2 is 2.03 bits per heavy atom. The molecule has 0 aliphatic carbocycles. The van der Waals surface area contributed by atoms with Gasteiger partial charge in [0.1, 0.15) is 17.6 Å². The second-order valence-corrected chi connectivity index (χ2v) is 7.36. The van der Waals surface area contributed by atoms with Crippen LogP contribution in [0.2, 0.25) is 0 Å². The fourth-order valence-electron chi connectivity index (χ4n) is 3.55. The maximum absolute atomic E-state index is 12.8. The second kappa shape index (κ2) is 10.5. The van der Waals surface area contributed by atoms with Crippen LogP contribution in [0.1, 0.15) is 38.7 Å². The fraction of sp³-hybridized carbons (Fsp3) is 0.375. The average Bonchev–Trinajstić information content (AvgIpc) is 3.12. The van der Waals surface area contributed by atoms with Crippen LogP contribution in [0.3, 0.4) is 0 Å². The number of hydrogen-bond acceptors (Lipinski definition) is 5. The first-order valence-electron chi connectivity index (χ1n) is 10.5. The number of fused-ring (bicyclic) bond motifs is 1. The summed E-state index contributed by atoms with van der Waals surface area (Å²) in [6.07, 6.45) is 1.17. The van der Waals surface area contributed by atoms with Crippen molar-refractivity contribution in [1.29, 1.82) is 5.26 Å². The number of anilines is 2. The first kappa shape index (κ1) is 22.2. The normalized spacial score (nSPS) is 14.2. The van der Waals surface area contributed by atoms with Gasteiger partial charge >= 0.3 is 0 Å². The standard InChI is InChI=1S/C24H27N3O4/c1-3-30-22-15-18-14-17(2)31-21(18)16-20(22)26-23(28)10-11-24(29)27(13-7-12-25)19-8-5-4-6-9-19/h4-6,8-9,15-17H,3,7,10-11,13-14H2,1-2H3,(H,26,28). The van der Waals surface area contributed by atoms with E-state index in [0.717, 1.165) is 17.7 Å². The minimum Gasteiger partial charge on any atom is -0.492 e. The second-order valence-electron chi connectivity index (χ2n) is 7.36. The summed E-state index contributed by atoms with van der Waals surface area (Å²) in [6, 6.07) is 14.9. The first-order chi connectivity index (χ1) is 15.0. The van der Waals surface area contributed by atoms with Crippen LogP contribution >= 0.6 is 0 Å². The van der Waals surface area contributed by atoms with E-state index >= 15 is 0 Å². The highest BCUT2D eigenvalue weighted by Gasteiger charge is 2.23. The van der Waals surface area contributed by atoms with Crippen LogP contribution in [0.4, 0.5) is 11.4 Å². The molecule has 0 spiro atoms. The molecule has 7 nitrogen and oxygen atoms in total. The van der Waals surface area contributed by atoms with Gasteiger partial charge < -0.3 is 19.7 Å². The number of nitrogens with zero attached hydrogens (tertiary/aromatic N) is 2. The lowest BCUT2D eigenvalue weighted by atomic mass is 10.1. The first-order valence-corrected chi connectivity index (χ1v) is 10.5. The van der Waals surface area contributed by atoms with Crippen LogP contribution in [0.25, 0.3) is 0 Å². The van der Waals surface area contributed by atoms with Gasteiger partial charge in [0.2, 0.25) is 11.8 Å². The molecule has 162 valence electrons. The highest BCUT2D eigenvalue weighted by atomic mass is 16.5. The molecular formula is C24H27N3O4. The molecule has 1 aliphatic rings. The molecule has 2 amide bonds. The number of ether oxygens (including phenoxy) is 2. The molecule has 31 heavy (non-hydrogen) atoms. The predicted octanol–water partition coefficient (Wildman–Crippen LogP) is 4.07. The molecule has 1 unspecified atom stereocenters. The summed E-state index contributed by atoms with van der Waals surface area (Å²) in [4.78, 5) is 26.9. The van der Waals surface area contributed by atoms with Gasteiger partial charge in [0, 0.05) is 43.1 Å². The molecule has 0 radical (unpaired) electrons. The van der Waals surface area contributed by atoms with Crippen LogP contribution in [0.15, 0.2) is 42.5 Å². The molecule has 2 aromatic carbocycles. The third kappa shape index (κ3) is 5.76. The average molecular weight is 421 g/mol. The van der Waals surface area contributed by atoms with Gasteiger partial charge in [-0.1, -0.05) is 18.2 Å². The molecule has 3 rings (SSSR count). The number of carbonyl (C=O) groups is 2. The topological polar surface area (TPSA) is 91.7 Å². The molecule has 1 N–H and O–H groups in total. The third-order valence-electron chi connectivity index (χ3n) is 4.95. The molecule has 0 fully saturated rings. The smallest absolute Gasteiger partial charge is 0.227 e. The molecule has 0 saturated heterocycles. The Hall–Kier alpha value is -3.53. The Morgan fingerprint density at radius 3 is 2.74 bits per heavy atom. The zero-order valence-corrected chi connectivity index (χ0v) is 17.9. The Bertz CT molecular complexity index is 969. The van der Waals surface area contributed by atoms with Crippen LogP contribution in [0, 0.1) is 11.3 Å². The van der Waals surface area contributed by atoms with Crippen molar-refractivity contribution in [3.05, 3.63) is 48.0 Å². The molecule has 1 atom stereocenters. The largest absolute Gasteiger partial charge is 0.492 e. The number of para-hydroxylation sites is 1. The van der Waals surface area contributed by atoms with E-state index in [9.17, 15) is 9.59 Å². The van der Waals surface area contributed by atoms with Gasteiger partial charge in [-0.15, -0.1) is 0 Å². The van der Waals surface area contributed by atoms with Crippen molar-refractivity contribution in [3.8, 4) is 17.6 Å². The van der Waals surface area contributed by atoms with Gasteiger partial charge in [-0.3, -0.25) is 9.59 Å². The molecule has 0 saturated carbocycles. The highest BCUT2D eigenvalue weighted by Crippen LogP contribution is 2.38. The zero-order valence-electron chi connectivity index (χ0n) is 17.9. The van der Waals surface area contributed by atoms with E-state index in [2.05, 4.69) is 11.4 Å². The Kier molecular flexibility index (Phi) is 7.50. The van der Waals surface area contributed by atoms with Crippen molar-refractivity contribution in [1.82, 2.24) is 0 Å². The number of nitrogens with one attached hydrogen (secondary N) is 1. The van der Waals surface area contributed by atoms with Crippen molar-refractivity contribution in [2.75, 3.05) is 23.4 Å². The van der Waals surface area contributed by atoms with E-state index in [-0.39, 0.29) is 43.7 Å². The minimum absolute atomic E-state index is 0.0225. The lowest BCUT2D eigenvalue weighted by Crippen LogP contribution is -2.32. The van der Waals surface area contributed by atoms with Gasteiger partial charge in [0.15, 0.2) is 0 Å². The summed E-state index contributed by atoms with van der Waals surface area (Å²) in [5, 5.41) is 11.8. The van der Waals surface area contributed by atoms with Crippen LogP contribution in [0.5, 0.6) is 11.5 Å². The summed E-state index contributed by atoms with van der Waals surface area (Å²) in [6.45, 7) is 4.64. The van der Waals surface area contributed by atoms with Gasteiger partial charge in [-0.2, -0.15) is 5.26 Å². The van der Waals surface area contributed by atoms with E-state index < -0.39 is 0 Å². The maximum Gasteiger partial charge on any atom is 0.227 e. The SMILES string of the molecule is CCOc1cc2c(cc1NC(=O)CCC(=O)N(CCC#N)c1ccccc1)OC(C)C2. The number of carbonyl (C=O) groups excluding carboxylic acids is 2. The summed E-state index contributed by atoms with van der Waals surface area (Å²) < 4.78 is 11.5. The van der Waals surface area contributed by atoms with Crippen molar-refractivity contribution >= 4 is 23.2 Å².